The lowest BCUT2D eigenvalue weighted by molar-refractivity contribution is -0.110. The van der Waals surface area contributed by atoms with Crippen molar-refractivity contribution in [2.24, 2.45) is 11.8 Å². The van der Waals surface area contributed by atoms with Gasteiger partial charge < -0.3 is 4.79 Å². The lowest BCUT2D eigenvalue weighted by atomic mass is 9.97. The first kappa shape index (κ1) is 13.0. The van der Waals surface area contributed by atoms with Crippen LogP contribution in [-0.4, -0.2) is 6.29 Å². The third kappa shape index (κ3) is 4.61. The molecule has 1 heteroatoms. The molecule has 1 atom stereocenters. The molecular weight excluding hydrogens is 196 g/mol. The lowest BCUT2D eigenvalue weighted by Crippen LogP contribution is -2.01. The van der Waals surface area contributed by atoms with Gasteiger partial charge in [-0.3, -0.25) is 0 Å². The summed E-state index contributed by atoms with van der Waals surface area (Å²) in [6.45, 7) is 6.46. The normalized spacial score (nSPS) is 12.8. The highest BCUT2D eigenvalue weighted by Crippen LogP contribution is 2.13. The van der Waals surface area contributed by atoms with Crippen LogP contribution in [0.15, 0.2) is 24.3 Å². The molecule has 0 bridgehead atoms. The standard InChI is InChI=1S/C15H22O/c1-12(2)7-8-14-5-4-6-15(10-14)9-13(3)11-16/h4-6,10-13H,7-9H2,1-3H3. The van der Waals surface area contributed by atoms with E-state index in [0.717, 1.165) is 25.0 Å². The minimum atomic E-state index is 0.125. The van der Waals surface area contributed by atoms with Crippen molar-refractivity contribution >= 4 is 6.29 Å². The summed E-state index contributed by atoms with van der Waals surface area (Å²) in [5.74, 6) is 0.873. The molecule has 16 heavy (non-hydrogen) atoms. The monoisotopic (exact) mass is 218 g/mol. The third-order valence-corrected chi connectivity index (χ3v) is 2.79. The summed E-state index contributed by atoms with van der Waals surface area (Å²) in [5, 5.41) is 0. The first-order valence-electron chi connectivity index (χ1n) is 6.15. The molecule has 0 aromatic heterocycles. The van der Waals surface area contributed by atoms with E-state index in [1.54, 1.807) is 0 Å². The molecule has 0 saturated carbocycles. The Bertz CT molecular complexity index is 328. The molecule has 1 unspecified atom stereocenters. The molecule has 0 amide bonds. The highest BCUT2D eigenvalue weighted by atomic mass is 16.1. The van der Waals surface area contributed by atoms with Gasteiger partial charge in [0.15, 0.2) is 0 Å². The van der Waals surface area contributed by atoms with E-state index in [2.05, 4.69) is 38.1 Å². The van der Waals surface area contributed by atoms with Crippen LogP contribution < -0.4 is 0 Å². The van der Waals surface area contributed by atoms with Crippen LogP contribution in [0.5, 0.6) is 0 Å². The van der Waals surface area contributed by atoms with Crippen LogP contribution in [0.25, 0.3) is 0 Å². The first-order chi connectivity index (χ1) is 7.61. The molecule has 0 spiro atoms. The molecule has 0 aliphatic rings. The van der Waals surface area contributed by atoms with Crippen molar-refractivity contribution in [1.29, 1.82) is 0 Å². The van der Waals surface area contributed by atoms with E-state index in [4.69, 9.17) is 0 Å². The molecule has 0 N–H and O–H groups in total. The van der Waals surface area contributed by atoms with Crippen molar-refractivity contribution < 1.29 is 4.79 Å². The van der Waals surface area contributed by atoms with Gasteiger partial charge in [-0.2, -0.15) is 0 Å². The second-order valence-electron chi connectivity index (χ2n) is 5.07. The molecule has 1 aromatic rings. The van der Waals surface area contributed by atoms with E-state index in [9.17, 15) is 4.79 Å². The number of aldehydes is 1. The summed E-state index contributed by atoms with van der Waals surface area (Å²) in [5.41, 5.74) is 2.67. The number of hydrogen-bond donors (Lipinski definition) is 0. The maximum atomic E-state index is 10.6. The SMILES string of the molecule is CC(C)CCc1cccc(CC(C)C=O)c1. The summed E-state index contributed by atoms with van der Waals surface area (Å²) in [6, 6.07) is 8.63. The van der Waals surface area contributed by atoms with E-state index in [1.165, 1.54) is 17.5 Å². The molecular formula is C15H22O. The minimum Gasteiger partial charge on any atom is -0.303 e. The average molecular weight is 218 g/mol. The van der Waals surface area contributed by atoms with Gasteiger partial charge in [0.1, 0.15) is 6.29 Å². The molecule has 88 valence electrons. The van der Waals surface area contributed by atoms with Crippen molar-refractivity contribution in [2.75, 3.05) is 0 Å². The predicted octanol–water partition coefficient (Wildman–Crippen LogP) is 3.65. The Balaban J connectivity index is 2.60. The molecule has 0 radical (unpaired) electrons. The zero-order valence-electron chi connectivity index (χ0n) is 10.6. The zero-order chi connectivity index (χ0) is 12.0. The van der Waals surface area contributed by atoms with Gasteiger partial charge in [0, 0.05) is 5.92 Å². The number of benzene rings is 1. The van der Waals surface area contributed by atoms with Gasteiger partial charge in [0.05, 0.1) is 0 Å². The van der Waals surface area contributed by atoms with Crippen molar-refractivity contribution in [2.45, 2.75) is 40.0 Å². The summed E-state index contributed by atoms with van der Waals surface area (Å²) in [6.07, 6.45) is 4.26. The van der Waals surface area contributed by atoms with Gasteiger partial charge in [0.2, 0.25) is 0 Å². The van der Waals surface area contributed by atoms with Crippen molar-refractivity contribution in [1.82, 2.24) is 0 Å². The van der Waals surface area contributed by atoms with Crippen LogP contribution in [0, 0.1) is 11.8 Å². The van der Waals surface area contributed by atoms with Gasteiger partial charge in [-0.1, -0.05) is 45.0 Å². The highest BCUT2D eigenvalue weighted by Gasteiger charge is 2.03. The lowest BCUT2D eigenvalue weighted by Gasteiger charge is -2.08. The van der Waals surface area contributed by atoms with Crippen LogP contribution in [0.4, 0.5) is 0 Å². The van der Waals surface area contributed by atoms with Gasteiger partial charge in [0.25, 0.3) is 0 Å². The van der Waals surface area contributed by atoms with Gasteiger partial charge in [-0.15, -0.1) is 0 Å². The zero-order valence-corrected chi connectivity index (χ0v) is 10.6. The molecule has 0 fully saturated rings. The van der Waals surface area contributed by atoms with Crippen LogP contribution in [0.2, 0.25) is 0 Å². The maximum Gasteiger partial charge on any atom is 0.123 e. The van der Waals surface area contributed by atoms with Crippen LogP contribution in [0.3, 0.4) is 0 Å². The first-order valence-corrected chi connectivity index (χ1v) is 6.15. The quantitative estimate of drug-likeness (QED) is 0.666. The van der Waals surface area contributed by atoms with Crippen molar-refractivity contribution in [3.8, 4) is 0 Å². The smallest absolute Gasteiger partial charge is 0.123 e. The number of carbonyl (C=O) groups is 1. The average Bonchev–Trinajstić information content (AvgIpc) is 2.26. The molecule has 0 heterocycles. The summed E-state index contributed by atoms with van der Waals surface area (Å²) in [7, 11) is 0. The van der Waals surface area contributed by atoms with Crippen molar-refractivity contribution in [3.63, 3.8) is 0 Å². The molecule has 0 aliphatic carbocycles. The number of aryl methyl sites for hydroxylation is 1. The van der Waals surface area contributed by atoms with Crippen LogP contribution in [0.1, 0.15) is 38.3 Å². The largest absolute Gasteiger partial charge is 0.303 e. The fourth-order valence-corrected chi connectivity index (χ4v) is 1.79. The topological polar surface area (TPSA) is 17.1 Å². The fraction of sp³-hybridized carbons (Fsp3) is 0.533. The van der Waals surface area contributed by atoms with E-state index < -0.39 is 0 Å². The second kappa shape index (κ2) is 6.47. The van der Waals surface area contributed by atoms with E-state index in [1.807, 2.05) is 6.92 Å². The predicted molar refractivity (Wildman–Crippen MR) is 68.5 cm³/mol. The van der Waals surface area contributed by atoms with Gasteiger partial charge in [-0.25, -0.2) is 0 Å². The Labute approximate surface area is 98.9 Å². The molecule has 1 rings (SSSR count). The molecule has 1 aromatic carbocycles. The Morgan fingerprint density at radius 3 is 2.50 bits per heavy atom. The number of carbonyl (C=O) groups excluding carboxylic acids is 1. The summed E-state index contributed by atoms with van der Waals surface area (Å²) >= 11 is 0. The Kier molecular flexibility index (Phi) is 5.24. The highest BCUT2D eigenvalue weighted by molar-refractivity contribution is 5.53. The molecule has 0 aliphatic heterocycles. The second-order valence-corrected chi connectivity index (χ2v) is 5.07. The van der Waals surface area contributed by atoms with Crippen LogP contribution >= 0.6 is 0 Å². The molecule has 1 nitrogen and oxygen atoms in total. The Morgan fingerprint density at radius 1 is 1.19 bits per heavy atom. The third-order valence-electron chi connectivity index (χ3n) is 2.79. The minimum absolute atomic E-state index is 0.125. The van der Waals surface area contributed by atoms with Gasteiger partial charge >= 0.3 is 0 Å². The maximum absolute atomic E-state index is 10.6. The summed E-state index contributed by atoms with van der Waals surface area (Å²) < 4.78 is 0. The molecule has 0 saturated heterocycles. The van der Waals surface area contributed by atoms with Crippen LogP contribution in [-0.2, 0) is 17.6 Å². The van der Waals surface area contributed by atoms with Gasteiger partial charge in [-0.05, 0) is 36.3 Å². The van der Waals surface area contributed by atoms with E-state index in [-0.39, 0.29) is 5.92 Å². The van der Waals surface area contributed by atoms with Crippen molar-refractivity contribution in [3.05, 3.63) is 35.4 Å². The Hall–Kier alpha value is -1.11. The summed E-state index contributed by atoms with van der Waals surface area (Å²) in [4.78, 5) is 10.6. The fourth-order valence-electron chi connectivity index (χ4n) is 1.79. The Morgan fingerprint density at radius 2 is 1.88 bits per heavy atom. The van der Waals surface area contributed by atoms with E-state index in [0.29, 0.717) is 0 Å². The number of rotatable bonds is 6. The number of hydrogen-bond acceptors (Lipinski definition) is 1. The van der Waals surface area contributed by atoms with E-state index >= 15 is 0 Å².